The SMILES string of the molecule is Cc1nn(Cc2ccccc2)c(C)c1C(=O)N(C)CC(=O)Nc1ccc(F)cc1. The summed E-state index contributed by atoms with van der Waals surface area (Å²) in [6.07, 6.45) is 0. The molecular weight excluding hydrogens is 371 g/mol. The molecule has 1 heterocycles. The number of likely N-dealkylation sites (N-methyl/N-ethyl adjacent to an activating group) is 1. The van der Waals surface area contributed by atoms with E-state index in [1.54, 1.807) is 18.7 Å². The number of halogens is 1. The fraction of sp³-hybridized carbons (Fsp3) is 0.227. The number of carbonyl (C=O) groups excluding carboxylic acids is 2. The Labute approximate surface area is 169 Å². The number of amides is 2. The number of hydrogen-bond donors (Lipinski definition) is 1. The molecule has 1 N–H and O–H groups in total. The smallest absolute Gasteiger partial charge is 0.257 e. The molecule has 7 heteroatoms. The van der Waals surface area contributed by atoms with Crippen LogP contribution in [0.25, 0.3) is 0 Å². The van der Waals surface area contributed by atoms with Crippen molar-refractivity contribution in [3.05, 3.63) is 82.9 Å². The molecule has 3 aromatic rings. The van der Waals surface area contributed by atoms with E-state index >= 15 is 0 Å². The second-order valence-corrected chi connectivity index (χ2v) is 6.91. The maximum atomic E-state index is 13.0. The van der Waals surface area contributed by atoms with Gasteiger partial charge >= 0.3 is 0 Å². The number of rotatable bonds is 6. The minimum atomic E-state index is -0.381. The zero-order valence-corrected chi connectivity index (χ0v) is 16.6. The molecule has 2 aromatic carbocycles. The number of aryl methyl sites for hydroxylation is 1. The highest BCUT2D eigenvalue weighted by Crippen LogP contribution is 2.17. The molecule has 0 spiro atoms. The molecule has 0 bridgehead atoms. The summed E-state index contributed by atoms with van der Waals surface area (Å²) >= 11 is 0. The summed E-state index contributed by atoms with van der Waals surface area (Å²) in [5.41, 5.74) is 3.43. The van der Waals surface area contributed by atoms with Gasteiger partial charge in [0.1, 0.15) is 5.82 Å². The Kier molecular flexibility index (Phi) is 6.07. The van der Waals surface area contributed by atoms with Crippen LogP contribution in [-0.4, -0.2) is 40.1 Å². The Morgan fingerprint density at radius 1 is 1.07 bits per heavy atom. The minimum Gasteiger partial charge on any atom is -0.332 e. The van der Waals surface area contributed by atoms with Crippen LogP contribution >= 0.6 is 0 Å². The van der Waals surface area contributed by atoms with Gasteiger partial charge in [0.05, 0.1) is 24.3 Å². The van der Waals surface area contributed by atoms with Gasteiger partial charge in [0.25, 0.3) is 5.91 Å². The molecule has 0 aliphatic heterocycles. The van der Waals surface area contributed by atoms with E-state index in [9.17, 15) is 14.0 Å². The lowest BCUT2D eigenvalue weighted by molar-refractivity contribution is -0.116. The maximum absolute atomic E-state index is 13.0. The van der Waals surface area contributed by atoms with Crippen molar-refractivity contribution >= 4 is 17.5 Å². The summed E-state index contributed by atoms with van der Waals surface area (Å²) < 4.78 is 14.8. The van der Waals surface area contributed by atoms with E-state index in [2.05, 4.69) is 10.4 Å². The van der Waals surface area contributed by atoms with Crippen molar-refractivity contribution in [1.29, 1.82) is 0 Å². The standard InChI is InChI=1S/C22H23FN4O2/c1-15-21(16(2)27(25-15)13-17-7-5-4-6-8-17)22(29)26(3)14-20(28)24-19-11-9-18(23)10-12-19/h4-12H,13-14H2,1-3H3,(H,24,28). The van der Waals surface area contributed by atoms with E-state index < -0.39 is 0 Å². The molecule has 0 atom stereocenters. The second-order valence-electron chi connectivity index (χ2n) is 6.91. The van der Waals surface area contributed by atoms with Crippen LogP contribution in [0.2, 0.25) is 0 Å². The number of benzene rings is 2. The minimum absolute atomic E-state index is 0.126. The number of anilines is 1. The molecule has 0 radical (unpaired) electrons. The predicted octanol–water partition coefficient (Wildman–Crippen LogP) is 3.40. The summed E-state index contributed by atoms with van der Waals surface area (Å²) in [6.45, 7) is 4.07. The van der Waals surface area contributed by atoms with Gasteiger partial charge in [-0.1, -0.05) is 30.3 Å². The topological polar surface area (TPSA) is 67.2 Å². The van der Waals surface area contributed by atoms with Crippen LogP contribution in [0.4, 0.5) is 10.1 Å². The van der Waals surface area contributed by atoms with Crippen molar-refractivity contribution in [3.63, 3.8) is 0 Å². The zero-order chi connectivity index (χ0) is 21.0. The summed E-state index contributed by atoms with van der Waals surface area (Å²) in [5.74, 6) is -1.01. The molecule has 0 saturated heterocycles. The van der Waals surface area contributed by atoms with Crippen molar-refractivity contribution in [2.75, 3.05) is 18.9 Å². The lowest BCUT2D eigenvalue weighted by Gasteiger charge is -2.17. The van der Waals surface area contributed by atoms with Crippen molar-refractivity contribution in [3.8, 4) is 0 Å². The Morgan fingerprint density at radius 3 is 2.38 bits per heavy atom. The largest absolute Gasteiger partial charge is 0.332 e. The quantitative estimate of drug-likeness (QED) is 0.697. The second kappa shape index (κ2) is 8.68. The van der Waals surface area contributed by atoms with Gasteiger partial charge in [-0.3, -0.25) is 14.3 Å². The van der Waals surface area contributed by atoms with E-state index in [0.717, 1.165) is 11.3 Å². The van der Waals surface area contributed by atoms with Gasteiger partial charge in [-0.15, -0.1) is 0 Å². The van der Waals surface area contributed by atoms with E-state index in [0.29, 0.717) is 23.5 Å². The third-order valence-electron chi connectivity index (χ3n) is 4.63. The van der Waals surface area contributed by atoms with Crippen molar-refractivity contribution in [1.82, 2.24) is 14.7 Å². The van der Waals surface area contributed by atoms with Gasteiger partial charge in [-0.25, -0.2) is 4.39 Å². The van der Waals surface area contributed by atoms with Gasteiger partial charge in [-0.05, 0) is 43.7 Å². The lowest BCUT2D eigenvalue weighted by atomic mass is 10.1. The number of hydrogen-bond acceptors (Lipinski definition) is 3. The zero-order valence-electron chi connectivity index (χ0n) is 16.6. The molecule has 1 aromatic heterocycles. The van der Waals surface area contributed by atoms with Gasteiger partial charge in [0.2, 0.25) is 5.91 Å². The molecule has 2 amide bonds. The van der Waals surface area contributed by atoms with E-state index in [1.807, 2.05) is 37.3 Å². The van der Waals surface area contributed by atoms with Crippen LogP contribution in [0.5, 0.6) is 0 Å². The lowest BCUT2D eigenvalue weighted by Crippen LogP contribution is -2.35. The first-order valence-electron chi connectivity index (χ1n) is 9.24. The molecule has 29 heavy (non-hydrogen) atoms. The highest BCUT2D eigenvalue weighted by atomic mass is 19.1. The highest BCUT2D eigenvalue weighted by molar-refractivity contribution is 6.00. The third kappa shape index (κ3) is 4.87. The van der Waals surface area contributed by atoms with Crippen LogP contribution in [0, 0.1) is 19.7 Å². The van der Waals surface area contributed by atoms with Gasteiger partial charge in [0, 0.05) is 18.4 Å². The van der Waals surface area contributed by atoms with Gasteiger partial charge < -0.3 is 10.2 Å². The molecule has 0 unspecified atom stereocenters. The van der Waals surface area contributed by atoms with Gasteiger partial charge in [-0.2, -0.15) is 5.10 Å². The number of carbonyl (C=O) groups is 2. The number of nitrogens with one attached hydrogen (secondary N) is 1. The Balaban J connectivity index is 1.69. The first-order chi connectivity index (χ1) is 13.8. The Bertz CT molecular complexity index is 1010. The van der Waals surface area contributed by atoms with E-state index in [4.69, 9.17) is 0 Å². The third-order valence-corrected chi connectivity index (χ3v) is 4.63. The average Bonchev–Trinajstić information content (AvgIpc) is 2.97. The first kappa shape index (κ1) is 20.3. The molecule has 0 saturated carbocycles. The maximum Gasteiger partial charge on any atom is 0.257 e. The number of nitrogens with zero attached hydrogens (tertiary/aromatic N) is 3. The molecular formula is C22H23FN4O2. The first-order valence-corrected chi connectivity index (χ1v) is 9.24. The monoisotopic (exact) mass is 394 g/mol. The molecule has 6 nitrogen and oxygen atoms in total. The Hall–Kier alpha value is -3.48. The molecule has 3 rings (SSSR count). The number of aromatic nitrogens is 2. The van der Waals surface area contributed by atoms with Crippen LogP contribution in [0.15, 0.2) is 54.6 Å². The molecule has 0 fully saturated rings. The summed E-state index contributed by atoms with van der Waals surface area (Å²) in [5, 5.41) is 7.15. The summed E-state index contributed by atoms with van der Waals surface area (Å²) in [7, 11) is 1.57. The van der Waals surface area contributed by atoms with Crippen LogP contribution in [0.1, 0.15) is 27.3 Å². The van der Waals surface area contributed by atoms with E-state index in [-0.39, 0.29) is 24.2 Å². The summed E-state index contributed by atoms with van der Waals surface area (Å²) in [6, 6.07) is 15.3. The fourth-order valence-corrected chi connectivity index (χ4v) is 3.13. The molecule has 0 aliphatic carbocycles. The van der Waals surface area contributed by atoms with Crippen molar-refractivity contribution < 1.29 is 14.0 Å². The van der Waals surface area contributed by atoms with Crippen LogP contribution in [-0.2, 0) is 11.3 Å². The molecule has 0 aliphatic rings. The van der Waals surface area contributed by atoms with Crippen LogP contribution < -0.4 is 5.32 Å². The average molecular weight is 394 g/mol. The van der Waals surface area contributed by atoms with E-state index in [1.165, 1.54) is 29.2 Å². The van der Waals surface area contributed by atoms with Gasteiger partial charge in [0.15, 0.2) is 0 Å². The van der Waals surface area contributed by atoms with Crippen molar-refractivity contribution in [2.45, 2.75) is 20.4 Å². The summed E-state index contributed by atoms with van der Waals surface area (Å²) in [4.78, 5) is 26.5. The van der Waals surface area contributed by atoms with Crippen LogP contribution in [0.3, 0.4) is 0 Å². The van der Waals surface area contributed by atoms with Crippen molar-refractivity contribution in [2.24, 2.45) is 0 Å². The normalized spacial score (nSPS) is 10.6. The Morgan fingerprint density at radius 2 is 1.72 bits per heavy atom. The predicted molar refractivity (Wildman–Crippen MR) is 109 cm³/mol. The molecule has 150 valence electrons. The fourth-order valence-electron chi connectivity index (χ4n) is 3.13. The highest BCUT2D eigenvalue weighted by Gasteiger charge is 2.23.